The highest BCUT2D eigenvalue weighted by Crippen LogP contribution is 2.36. The summed E-state index contributed by atoms with van der Waals surface area (Å²) in [6.07, 6.45) is 1.44. The second-order valence-corrected chi connectivity index (χ2v) is 12.1. The predicted octanol–water partition coefficient (Wildman–Crippen LogP) is 3.44. The Hall–Kier alpha value is -1.30. The van der Waals surface area contributed by atoms with Gasteiger partial charge in [0.15, 0.2) is 14.1 Å². The van der Waals surface area contributed by atoms with E-state index in [9.17, 15) is 9.59 Å². The van der Waals surface area contributed by atoms with E-state index in [2.05, 4.69) is 39.2 Å². The lowest BCUT2D eigenvalue weighted by atomic mass is 10.1. The molecule has 1 rings (SSSR count). The zero-order chi connectivity index (χ0) is 17.5. The van der Waals surface area contributed by atoms with Crippen LogP contribution in [0.15, 0.2) is 30.3 Å². The van der Waals surface area contributed by atoms with Crippen LogP contribution in [-0.4, -0.2) is 39.6 Å². The number of aldehydes is 1. The summed E-state index contributed by atoms with van der Waals surface area (Å²) >= 11 is 0. The minimum Gasteiger partial charge on any atom is -0.417 e. The number of rotatable bonds is 9. The molecule has 0 aromatic heterocycles. The van der Waals surface area contributed by atoms with Crippen LogP contribution in [0.4, 0.5) is 0 Å². The van der Waals surface area contributed by atoms with E-state index in [0.29, 0.717) is 18.6 Å². The molecule has 0 saturated heterocycles. The number of carbonyl (C=O) groups excluding carboxylic acids is 2. The van der Waals surface area contributed by atoms with Crippen molar-refractivity contribution in [2.75, 3.05) is 13.2 Å². The molecule has 0 spiro atoms. The van der Waals surface area contributed by atoms with Gasteiger partial charge in [0.1, 0.15) is 6.29 Å². The van der Waals surface area contributed by atoms with Gasteiger partial charge in [0.25, 0.3) is 0 Å². The summed E-state index contributed by atoms with van der Waals surface area (Å²) < 4.78 is 6.07. The molecule has 0 aliphatic heterocycles. The van der Waals surface area contributed by atoms with E-state index in [1.165, 1.54) is 0 Å². The van der Waals surface area contributed by atoms with Crippen LogP contribution < -0.4 is 5.32 Å². The Morgan fingerprint density at radius 1 is 1.26 bits per heavy atom. The van der Waals surface area contributed by atoms with Crippen LogP contribution in [0.25, 0.3) is 0 Å². The SMILES string of the molecule is CC(C)(C)[Si](C)(C)OCC[C@H](C=O)NCC(=O)c1ccccc1. The van der Waals surface area contributed by atoms with E-state index in [4.69, 9.17) is 4.43 Å². The fourth-order valence-electron chi connectivity index (χ4n) is 1.83. The smallest absolute Gasteiger partial charge is 0.191 e. The van der Waals surface area contributed by atoms with E-state index in [-0.39, 0.29) is 23.4 Å². The third kappa shape index (κ3) is 6.37. The Morgan fingerprint density at radius 3 is 2.39 bits per heavy atom. The summed E-state index contributed by atoms with van der Waals surface area (Å²) in [6.45, 7) is 11.6. The molecule has 0 saturated carbocycles. The van der Waals surface area contributed by atoms with Gasteiger partial charge in [0, 0.05) is 12.2 Å². The van der Waals surface area contributed by atoms with Crippen molar-refractivity contribution in [2.45, 2.75) is 51.4 Å². The first-order chi connectivity index (χ1) is 10.7. The Balaban J connectivity index is 2.41. The number of benzene rings is 1. The summed E-state index contributed by atoms with van der Waals surface area (Å²) in [6, 6.07) is 8.74. The highest BCUT2D eigenvalue weighted by atomic mass is 28.4. The third-order valence-corrected chi connectivity index (χ3v) is 9.02. The van der Waals surface area contributed by atoms with Gasteiger partial charge in [0.05, 0.1) is 12.6 Å². The number of Topliss-reactive ketones (excluding diaryl/α,β-unsaturated/α-hetero) is 1. The van der Waals surface area contributed by atoms with Gasteiger partial charge in [0.2, 0.25) is 0 Å². The van der Waals surface area contributed by atoms with Gasteiger partial charge < -0.3 is 14.5 Å². The average molecular weight is 336 g/mol. The Bertz CT molecular complexity index is 509. The van der Waals surface area contributed by atoms with E-state index in [0.717, 1.165) is 6.29 Å². The van der Waals surface area contributed by atoms with Gasteiger partial charge in [-0.3, -0.25) is 4.79 Å². The highest BCUT2D eigenvalue weighted by molar-refractivity contribution is 6.74. The zero-order valence-corrected chi connectivity index (χ0v) is 15.9. The van der Waals surface area contributed by atoms with Crippen LogP contribution in [0.3, 0.4) is 0 Å². The van der Waals surface area contributed by atoms with Crippen molar-refractivity contribution in [1.29, 1.82) is 0 Å². The normalized spacial score (nSPS) is 13.6. The lowest BCUT2D eigenvalue weighted by molar-refractivity contribution is -0.109. The molecule has 0 bridgehead atoms. The molecule has 1 aromatic carbocycles. The van der Waals surface area contributed by atoms with Crippen molar-refractivity contribution in [2.24, 2.45) is 0 Å². The Morgan fingerprint density at radius 2 is 1.87 bits per heavy atom. The minimum atomic E-state index is -1.79. The van der Waals surface area contributed by atoms with Crippen molar-refractivity contribution in [3.63, 3.8) is 0 Å². The van der Waals surface area contributed by atoms with Gasteiger partial charge in [-0.05, 0) is 24.6 Å². The molecule has 0 fully saturated rings. The maximum absolute atomic E-state index is 12.0. The molecule has 128 valence electrons. The number of ketones is 1. The van der Waals surface area contributed by atoms with E-state index in [1.807, 2.05) is 18.2 Å². The molecule has 1 atom stereocenters. The van der Waals surface area contributed by atoms with Gasteiger partial charge >= 0.3 is 0 Å². The van der Waals surface area contributed by atoms with Crippen LogP contribution in [0.1, 0.15) is 37.6 Å². The molecule has 0 aliphatic rings. The van der Waals surface area contributed by atoms with Crippen LogP contribution in [-0.2, 0) is 9.22 Å². The monoisotopic (exact) mass is 335 g/mol. The zero-order valence-electron chi connectivity index (χ0n) is 14.9. The summed E-state index contributed by atoms with van der Waals surface area (Å²) in [5.41, 5.74) is 0.655. The first-order valence-electron chi connectivity index (χ1n) is 8.08. The van der Waals surface area contributed by atoms with Gasteiger partial charge in [-0.15, -0.1) is 0 Å². The van der Waals surface area contributed by atoms with Crippen LogP contribution in [0, 0.1) is 0 Å². The van der Waals surface area contributed by atoms with Crippen molar-refractivity contribution in [3.05, 3.63) is 35.9 Å². The Labute approximate surface area is 140 Å². The van der Waals surface area contributed by atoms with Crippen molar-refractivity contribution in [1.82, 2.24) is 5.32 Å². The summed E-state index contributed by atoms with van der Waals surface area (Å²) in [4.78, 5) is 23.2. The standard InChI is InChI=1S/C18H29NO3Si/c1-18(2,3)23(4,5)22-12-11-16(14-20)19-13-17(21)15-9-7-6-8-10-15/h6-10,14,16,19H,11-13H2,1-5H3/t16-/m1/s1. The topological polar surface area (TPSA) is 55.4 Å². The summed E-state index contributed by atoms with van der Waals surface area (Å²) in [5.74, 6) is -0.0113. The average Bonchev–Trinajstić information content (AvgIpc) is 2.50. The number of carbonyl (C=O) groups is 2. The molecule has 0 radical (unpaired) electrons. The molecule has 0 amide bonds. The van der Waals surface area contributed by atoms with Gasteiger partial charge in [-0.1, -0.05) is 51.1 Å². The predicted molar refractivity (Wildman–Crippen MR) is 96.4 cm³/mol. The molecule has 23 heavy (non-hydrogen) atoms. The van der Waals surface area contributed by atoms with E-state index in [1.54, 1.807) is 12.1 Å². The molecule has 0 unspecified atom stereocenters. The maximum atomic E-state index is 12.0. The Kier molecular flexibility index (Phi) is 7.31. The summed E-state index contributed by atoms with van der Waals surface area (Å²) in [5, 5.41) is 3.16. The molecule has 5 heteroatoms. The largest absolute Gasteiger partial charge is 0.417 e. The fraction of sp³-hybridized carbons (Fsp3) is 0.556. The lowest BCUT2D eigenvalue weighted by Gasteiger charge is -2.36. The van der Waals surface area contributed by atoms with Crippen molar-refractivity contribution < 1.29 is 14.0 Å². The molecule has 4 nitrogen and oxygen atoms in total. The van der Waals surface area contributed by atoms with Crippen LogP contribution >= 0.6 is 0 Å². The lowest BCUT2D eigenvalue weighted by Crippen LogP contribution is -2.42. The molecule has 1 N–H and O–H groups in total. The molecular weight excluding hydrogens is 306 g/mol. The first kappa shape index (κ1) is 19.7. The summed E-state index contributed by atoms with van der Waals surface area (Å²) in [7, 11) is -1.79. The second-order valence-electron chi connectivity index (χ2n) is 7.31. The van der Waals surface area contributed by atoms with Gasteiger partial charge in [-0.2, -0.15) is 0 Å². The maximum Gasteiger partial charge on any atom is 0.191 e. The number of hydrogen-bond donors (Lipinski definition) is 1. The van der Waals surface area contributed by atoms with E-state index < -0.39 is 8.32 Å². The van der Waals surface area contributed by atoms with Crippen LogP contribution in [0.2, 0.25) is 18.1 Å². The first-order valence-corrected chi connectivity index (χ1v) is 11.0. The molecule has 0 aliphatic carbocycles. The number of nitrogens with one attached hydrogen (secondary N) is 1. The third-order valence-electron chi connectivity index (χ3n) is 4.48. The fourth-order valence-corrected chi connectivity index (χ4v) is 2.89. The highest BCUT2D eigenvalue weighted by Gasteiger charge is 2.37. The van der Waals surface area contributed by atoms with E-state index >= 15 is 0 Å². The second kappa shape index (κ2) is 8.52. The molecule has 0 heterocycles. The minimum absolute atomic E-state index is 0.0113. The number of hydrogen-bond acceptors (Lipinski definition) is 4. The van der Waals surface area contributed by atoms with Crippen molar-refractivity contribution >= 4 is 20.4 Å². The van der Waals surface area contributed by atoms with Crippen LogP contribution in [0.5, 0.6) is 0 Å². The van der Waals surface area contributed by atoms with Crippen molar-refractivity contribution in [3.8, 4) is 0 Å². The molecular formula is C18H29NO3Si. The molecule has 1 aromatic rings. The van der Waals surface area contributed by atoms with Gasteiger partial charge in [-0.25, -0.2) is 0 Å². The quantitative estimate of drug-likeness (QED) is 0.427.